The molecule has 5 heteroatoms. The maximum atomic E-state index is 10.8. The van der Waals surface area contributed by atoms with Gasteiger partial charge in [-0.3, -0.25) is 0 Å². The van der Waals surface area contributed by atoms with Gasteiger partial charge >= 0.3 is 6.09 Å². The number of carbonyl (C=O) groups excluding carboxylic acids is 1. The minimum atomic E-state index is -0.401. The van der Waals surface area contributed by atoms with E-state index in [1.54, 1.807) is 7.11 Å². The molecule has 0 saturated carbocycles. The smallest absolute Gasteiger partial charge is 0.406 e. The van der Waals surface area contributed by atoms with Crippen molar-refractivity contribution in [2.45, 2.75) is 6.42 Å². The molecule has 17 heavy (non-hydrogen) atoms. The highest BCUT2D eigenvalue weighted by molar-refractivity contribution is 5.66. The lowest BCUT2D eigenvalue weighted by Crippen LogP contribution is -2.25. The van der Waals surface area contributed by atoms with Gasteiger partial charge in [0.15, 0.2) is 0 Å². The number of benzene rings is 1. The summed E-state index contributed by atoms with van der Waals surface area (Å²) in [6.45, 7) is 1.33. The lowest BCUT2D eigenvalue weighted by Gasteiger charge is -2.10. The van der Waals surface area contributed by atoms with Gasteiger partial charge in [-0.15, -0.1) is 0 Å². The van der Waals surface area contributed by atoms with Gasteiger partial charge in [0.2, 0.25) is 0 Å². The summed E-state index contributed by atoms with van der Waals surface area (Å²) in [5.41, 5.74) is 0.952. The summed E-state index contributed by atoms with van der Waals surface area (Å²) in [5.74, 6) is 0.813. The normalized spacial score (nSPS) is 9.53. The van der Waals surface area contributed by atoms with Gasteiger partial charge in [-0.2, -0.15) is 0 Å². The zero-order valence-electron chi connectivity index (χ0n) is 10.2. The highest BCUT2D eigenvalue weighted by Crippen LogP contribution is 2.22. The van der Waals surface area contributed by atoms with Gasteiger partial charge in [-0.05, 0) is 18.6 Å². The maximum absolute atomic E-state index is 10.8. The molecule has 0 aliphatic carbocycles. The van der Waals surface area contributed by atoms with Crippen LogP contribution in [0.5, 0.6) is 5.75 Å². The van der Waals surface area contributed by atoms with Crippen molar-refractivity contribution < 1.29 is 14.3 Å². The number of nitrogens with one attached hydrogen (secondary N) is 2. The molecule has 1 aromatic carbocycles. The van der Waals surface area contributed by atoms with Crippen LogP contribution in [0.15, 0.2) is 24.3 Å². The number of hydrogen-bond acceptors (Lipinski definition) is 4. The van der Waals surface area contributed by atoms with E-state index in [0.717, 1.165) is 24.4 Å². The number of methoxy groups -OCH3 is 2. The quantitative estimate of drug-likeness (QED) is 0.743. The summed E-state index contributed by atoms with van der Waals surface area (Å²) in [7, 11) is 2.99. The van der Waals surface area contributed by atoms with Crippen LogP contribution in [-0.2, 0) is 4.74 Å². The van der Waals surface area contributed by atoms with Crippen molar-refractivity contribution >= 4 is 11.8 Å². The molecule has 0 spiro atoms. The average Bonchev–Trinajstić information content (AvgIpc) is 2.38. The fourth-order valence-electron chi connectivity index (χ4n) is 1.36. The SMILES string of the molecule is COC(=O)NCCCNc1ccccc1OC. The third-order valence-corrected chi connectivity index (χ3v) is 2.23. The Morgan fingerprint density at radius 3 is 2.71 bits per heavy atom. The van der Waals surface area contributed by atoms with E-state index in [1.165, 1.54) is 7.11 Å². The lowest BCUT2D eigenvalue weighted by molar-refractivity contribution is 0.171. The van der Waals surface area contributed by atoms with E-state index >= 15 is 0 Å². The summed E-state index contributed by atoms with van der Waals surface area (Å²) in [5, 5.41) is 5.85. The summed E-state index contributed by atoms with van der Waals surface area (Å²) >= 11 is 0. The van der Waals surface area contributed by atoms with E-state index in [1.807, 2.05) is 24.3 Å². The Labute approximate surface area is 101 Å². The molecular weight excluding hydrogens is 220 g/mol. The molecule has 0 aromatic heterocycles. The monoisotopic (exact) mass is 238 g/mol. The van der Waals surface area contributed by atoms with Crippen LogP contribution < -0.4 is 15.4 Å². The summed E-state index contributed by atoms with van der Waals surface area (Å²) in [6.07, 6.45) is 0.412. The molecule has 5 nitrogen and oxygen atoms in total. The van der Waals surface area contributed by atoms with Crippen molar-refractivity contribution in [2.75, 3.05) is 32.6 Å². The van der Waals surface area contributed by atoms with Crippen LogP contribution >= 0.6 is 0 Å². The van der Waals surface area contributed by atoms with Crippen LogP contribution in [0.2, 0.25) is 0 Å². The van der Waals surface area contributed by atoms with Crippen LogP contribution in [0.1, 0.15) is 6.42 Å². The van der Waals surface area contributed by atoms with Crippen molar-refractivity contribution in [3.8, 4) is 5.75 Å². The Morgan fingerprint density at radius 1 is 1.24 bits per heavy atom. The first-order valence-electron chi connectivity index (χ1n) is 5.46. The molecule has 2 N–H and O–H groups in total. The van der Waals surface area contributed by atoms with E-state index in [2.05, 4.69) is 15.4 Å². The zero-order chi connectivity index (χ0) is 12.5. The third-order valence-electron chi connectivity index (χ3n) is 2.23. The Balaban J connectivity index is 2.24. The molecule has 0 heterocycles. The van der Waals surface area contributed by atoms with Gasteiger partial charge in [-0.1, -0.05) is 12.1 Å². The van der Waals surface area contributed by atoms with Crippen LogP contribution in [-0.4, -0.2) is 33.4 Å². The Hall–Kier alpha value is -1.91. The average molecular weight is 238 g/mol. The van der Waals surface area contributed by atoms with Crippen molar-refractivity contribution in [1.82, 2.24) is 5.32 Å². The van der Waals surface area contributed by atoms with Gasteiger partial charge in [0, 0.05) is 13.1 Å². The second-order valence-electron chi connectivity index (χ2n) is 3.40. The number of anilines is 1. The highest BCUT2D eigenvalue weighted by atomic mass is 16.5. The van der Waals surface area contributed by atoms with Crippen LogP contribution in [0.25, 0.3) is 0 Å². The molecule has 0 aliphatic rings. The second kappa shape index (κ2) is 7.38. The number of alkyl carbamates (subject to hydrolysis) is 1. The van der Waals surface area contributed by atoms with Crippen molar-refractivity contribution in [3.05, 3.63) is 24.3 Å². The van der Waals surface area contributed by atoms with Crippen LogP contribution in [0.3, 0.4) is 0 Å². The van der Waals surface area contributed by atoms with Crippen LogP contribution in [0, 0.1) is 0 Å². The topological polar surface area (TPSA) is 59.6 Å². The molecule has 0 unspecified atom stereocenters. The first-order valence-corrected chi connectivity index (χ1v) is 5.46. The maximum Gasteiger partial charge on any atom is 0.406 e. The molecule has 0 bridgehead atoms. The molecular formula is C12H18N2O3. The molecule has 0 saturated heterocycles. The van der Waals surface area contributed by atoms with Crippen molar-refractivity contribution in [2.24, 2.45) is 0 Å². The predicted molar refractivity (Wildman–Crippen MR) is 66.5 cm³/mol. The van der Waals surface area contributed by atoms with E-state index < -0.39 is 6.09 Å². The molecule has 0 atom stereocenters. The number of carbonyl (C=O) groups is 1. The number of para-hydroxylation sites is 2. The molecule has 94 valence electrons. The van der Waals surface area contributed by atoms with Gasteiger partial charge in [0.25, 0.3) is 0 Å². The standard InChI is InChI=1S/C12H18N2O3/c1-16-11-7-4-3-6-10(11)13-8-5-9-14-12(15)17-2/h3-4,6-7,13H,5,8-9H2,1-2H3,(H,14,15). The Morgan fingerprint density at radius 2 is 2.00 bits per heavy atom. The number of rotatable bonds is 6. The van der Waals surface area contributed by atoms with Gasteiger partial charge in [0.1, 0.15) is 5.75 Å². The fraction of sp³-hybridized carbons (Fsp3) is 0.417. The summed E-state index contributed by atoms with van der Waals surface area (Å²) < 4.78 is 9.67. The van der Waals surface area contributed by atoms with Gasteiger partial charge in [-0.25, -0.2) is 4.79 Å². The first-order chi connectivity index (χ1) is 8.27. The molecule has 1 rings (SSSR count). The van der Waals surface area contributed by atoms with Gasteiger partial charge < -0.3 is 20.1 Å². The Bertz CT molecular complexity index is 355. The van der Waals surface area contributed by atoms with Gasteiger partial charge in [0.05, 0.1) is 19.9 Å². The molecule has 0 aliphatic heterocycles. The van der Waals surface area contributed by atoms with E-state index in [4.69, 9.17) is 4.74 Å². The third kappa shape index (κ3) is 4.63. The highest BCUT2D eigenvalue weighted by Gasteiger charge is 2.00. The molecule has 1 amide bonds. The molecule has 1 aromatic rings. The lowest BCUT2D eigenvalue weighted by atomic mass is 10.3. The second-order valence-corrected chi connectivity index (χ2v) is 3.40. The summed E-state index contributed by atoms with van der Waals surface area (Å²) in [4.78, 5) is 10.8. The largest absolute Gasteiger partial charge is 0.495 e. The van der Waals surface area contributed by atoms with E-state index in [-0.39, 0.29) is 0 Å². The summed E-state index contributed by atoms with van der Waals surface area (Å²) in [6, 6.07) is 7.71. The molecule has 0 fully saturated rings. The minimum absolute atomic E-state index is 0.401. The number of hydrogen-bond donors (Lipinski definition) is 2. The Kier molecular flexibility index (Phi) is 5.71. The molecule has 0 radical (unpaired) electrons. The fourth-order valence-corrected chi connectivity index (χ4v) is 1.36. The van der Waals surface area contributed by atoms with Crippen LogP contribution in [0.4, 0.5) is 10.5 Å². The van der Waals surface area contributed by atoms with Crippen molar-refractivity contribution in [3.63, 3.8) is 0 Å². The van der Waals surface area contributed by atoms with Crippen molar-refractivity contribution in [1.29, 1.82) is 0 Å². The minimum Gasteiger partial charge on any atom is -0.495 e. The van der Waals surface area contributed by atoms with E-state index in [9.17, 15) is 4.79 Å². The van der Waals surface area contributed by atoms with E-state index in [0.29, 0.717) is 6.54 Å². The zero-order valence-corrected chi connectivity index (χ0v) is 10.2. The first kappa shape index (κ1) is 13.2. The number of amides is 1. The predicted octanol–water partition coefficient (Wildman–Crippen LogP) is 1.85. The number of ether oxygens (including phenoxy) is 2.